The molecule has 0 spiro atoms. The highest BCUT2D eigenvalue weighted by molar-refractivity contribution is 7.17. The van der Waals surface area contributed by atoms with E-state index in [1.54, 1.807) is 0 Å². The van der Waals surface area contributed by atoms with Crippen molar-refractivity contribution in [3.8, 4) is 11.1 Å². The summed E-state index contributed by atoms with van der Waals surface area (Å²) < 4.78 is 9.14. The first-order valence-electron chi connectivity index (χ1n) is 13.4. The molecule has 2 N–H and O–H groups in total. The van der Waals surface area contributed by atoms with Crippen molar-refractivity contribution in [2.45, 2.75) is 76.2 Å². The summed E-state index contributed by atoms with van der Waals surface area (Å²) in [6.45, 7) is 8.13. The van der Waals surface area contributed by atoms with Gasteiger partial charge in [-0.05, 0) is 37.8 Å². The maximum Gasteiger partial charge on any atom is 0.404 e. The van der Waals surface area contributed by atoms with Crippen LogP contribution in [0.1, 0.15) is 25.7 Å². The third-order valence-electron chi connectivity index (χ3n) is 7.83. The smallest absolute Gasteiger partial charge is 0.404 e. The Bertz CT molecular complexity index is 1520. The summed E-state index contributed by atoms with van der Waals surface area (Å²) in [4.78, 5) is 28.1. The number of hydrogen-bond donors (Lipinski definition) is 2. The predicted octanol–water partition coefficient (Wildman–Crippen LogP) is 6.44. The van der Waals surface area contributed by atoms with Gasteiger partial charge in [-0.15, -0.1) is 11.3 Å². The maximum absolute atomic E-state index is 11.2. The van der Waals surface area contributed by atoms with Crippen LogP contribution in [0.3, 0.4) is 0 Å². The monoisotopic (exact) mass is 584 g/mol. The molecule has 2 aliphatic heterocycles. The van der Waals surface area contributed by atoms with E-state index in [0.717, 1.165) is 70.1 Å². The van der Waals surface area contributed by atoms with Crippen LogP contribution in [-0.2, 0) is 11.5 Å². The number of ether oxygens (including phenoxy) is 1. The number of piperidine rings is 1. The first-order chi connectivity index (χ1) is 18.7. The van der Waals surface area contributed by atoms with E-state index in [0.29, 0.717) is 18.4 Å². The van der Waals surface area contributed by atoms with Crippen molar-refractivity contribution in [2.24, 2.45) is 0 Å². The van der Waals surface area contributed by atoms with Gasteiger partial charge in [0, 0.05) is 50.1 Å². The number of thiazole rings is 1. The molecule has 6 rings (SSSR count). The summed E-state index contributed by atoms with van der Waals surface area (Å²) in [5, 5.41) is 12.6. The van der Waals surface area contributed by atoms with Gasteiger partial charge in [0.15, 0.2) is 5.65 Å². The third-order valence-corrected chi connectivity index (χ3v) is 10.9. The zero-order valence-electron chi connectivity index (χ0n) is 22.4. The minimum atomic E-state index is -1.21. The number of aromatic nitrogens is 4. The highest BCUT2D eigenvalue weighted by atomic mass is 35.5. The van der Waals surface area contributed by atoms with Gasteiger partial charge in [-0.25, -0.2) is 19.7 Å². The zero-order chi connectivity index (χ0) is 27.3. The fourth-order valence-electron chi connectivity index (χ4n) is 5.95. The highest BCUT2D eigenvalue weighted by Crippen LogP contribution is 2.41. The topological polar surface area (TPSA) is 105 Å². The number of rotatable bonds is 8. The zero-order valence-corrected chi connectivity index (χ0v) is 24.9. The number of amides is 1. The van der Waals surface area contributed by atoms with Gasteiger partial charge in [0.2, 0.25) is 0 Å². The van der Waals surface area contributed by atoms with E-state index in [-0.39, 0.29) is 18.1 Å². The van der Waals surface area contributed by atoms with Crippen molar-refractivity contribution in [3.05, 3.63) is 35.1 Å². The lowest BCUT2D eigenvalue weighted by molar-refractivity contribution is 0.0899. The number of carboxylic acid groups (broad SMARTS) is 1. The number of carbonyl (C=O) groups is 1. The summed E-state index contributed by atoms with van der Waals surface area (Å²) in [7, 11) is -1.21. The predicted molar refractivity (Wildman–Crippen MR) is 159 cm³/mol. The Labute approximate surface area is 237 Å². The van der Waals surface area contributed by atoms with Gasteiger partial charge < -0.3 is 24.6 Å². The molecule has 2 bridgehead atoms. The van der Waals surface area contributed by atoms with Crippen molar-refractivity contribution < 1.29 is 14.6 Å². The summed E-state index contributed by atoms with van der Waals surface area (Å²) in [5.41, 5.74) is 6.07. The van der Waals surface area contributed by atoms with Crippen LogP contribution in [0.4, 0.5) is 10.6 Å². The number of nitrogens with one attached hydrogen (secondary N) is 1. The Kier molecular flexibility index (Phi) is 7.03. The molecule has 0 aliphatic carbocycles. The lowest BCUT2D eigenvalue weighted by Crippen LogP contribution is -2.50. The van der Waals surface area contributed by atoms with Crippen molar-refractivity contribution in [1.29, 1.82) is 0 Å². The number of fused-ring (bicyclic) bond motifs is 4. The van der Waals surface area contributed by atoms with Crippen LogP contribution < -0.4 is 10.2 Å². The van der Waals surface area contributed by atoms with Crippen LogP contribution >= 0.6 is 22.9 Å². The third kappa shape index (κ3) is 5.24. The number of anilines is 1. The van der Waals surface area contributed by atoms with Gasteiger partial charge in [-0.2, -0.15) is 0 Å². The lowest BCUT2D eigenvalue weighted by Gasteiger charge is -2.39. The average molecular weight is 585 g/mol. The van der Waals surface area contributed by atoms with E-state index in [2.05, 4.69) is 41.0 Å². The second-order valence-electron chi connectivity index (χ2n) is 11.8. The Morgan fingerprint density at radius 1 is 1.21 bits per heavy atom. The molecule has 12 heteroatoms. The minimum absolute atomic E-state index is 0.0213. The van der Waals surface area contributed by atoms with Crippen LogP contribution in [-0.4, -0.2) is 63.5 Å². The first-order valence-corrected chi connectivity index (χ1v) is 18.4. The Hall–Kier alpha value is -2.73. The van der Waals surface area contributed by atoms with E-state index in [1.807, 2.05) is 28.4 Å². The SMILES string of the molecule is C[Si](C)(C)CCOCn1cc(-c2ccc3ncsc3c2Cl)c2ncc(N3[C@@H]4CC[C@H]3C[C@@H](NC(=O)O)C4)nc21. The average Bonchev–Trinajstić information content (AvgIpc) is 3.56. The van der Waals surface area contributed by atoms with Gasteiger partial charge >= 0.3 is 6.09 Å². The molecule has 0 unspecified atom stereocenters. The molecular formula is C27H33ClN6O3SSi. The molecular weight excluding hydrogens is 552 g/mol. The molecule has 0 radical (unpaired) electrons. The van der Waals surface area contributed by atoms with E-state index in [1.165, 1.54) is 11.3 Å². The molecule has 2 aliphatic rings. The summed E-state index contributed by atoms with van der Waals surface area (Å²) in [6.07, 6.45) is 6.56. The van der Waals surface area contributed by atoms with Gasteiger partial charge in [-0.1, -0.05) is 37.3 Å². The molecule has 3 atom stereocenters. The van der Waals surface area contributed by atoms with Crippen molar-refractivity contribution in [3.63, 3.8) is 0 Å². The number of benzene rings is 1. The fraction of sp³-hybridized carbons (Fsp3) is 0.481. The number of halogens is 1. The largest absolute Gasteiger partial charge is 0.465 e. The van der Waals surface area contributed by atoms with Gasteiger partial charge in [-0.3, -0.25) is 0 Å². The van der Waals surface area contributed by atoms with E-state index >= 15 is 0 Å². The molecule has 3 aromatic heterocycles. The van der Waals surface area contributed by atoms with E-state index in [4.69, 9.17) is 26.3 Å². The molecule has 4 aromatic rings. The second kappa shape index (κ2) is 10.3. The molecule has 0 saturated carbocycles. The maximum atomic E-state index is 11.2. The molecule has 5 heterocycles. The molecule has 39 heavy (non-hydrogen) atoms. The van der Waals surface area contributed by atoms with Crippen molar-refractivity contribution in [1.82, 2.24) is 24.8 Å². The van der Waals surface area contributed by atoms with Gasteiger partial charge in [0.1, 0.15) is 18.1 Å². The molecule has 1 amide bonds. The van der Waals surface area contributed by atoms with Crippen LogP contribution in [0.5, 0.6) is 0 Å². The van der Waals surface area contributed by atoms with Gasteiger partial charge in [0.25, 0.3) is 0 Å². The fourth-order valence-corrected chi connectivity index (χ4v) is 7.83. The van der Waals surface area contributed by atoms with E-state index < -0.39 is 14.2 Å². The highest BCUT2D eigenvalue weighted by Gasteiger charge is 2.42. The Morgan fingerprint density at radius 2 is 1.97 bits per heavy atom. The lowest BCUT2D eigenvalue weighted by atomic mass is 9.97. The minimum Gasteiger partial charge on any atom is -0.465 e. The molecule has 2 saturated heterocycles. The Balaban J connectivity index is 1.36. The quantitative estimate of drug-likeness (QED) is 0.181. The second-order valence-corrected chi connectivity index (χ2v) is 18.7. The van der Waals surface area contributed by atoms with Crippen LogP contribution in [0.25, 0.3) is 32.5 Å². The van der Waals surface area contributed by atoms with Crippen LogP contribution in [0.15, 0.2) is 30.0 Å². The normalized spacial score (nSPS) is 21.2. The molecule has 9 nitrogen and oxygen atoms in total. The van der Waals surface area contributed by atoms with Crippen molar-refractivity contribution in [2.75, 3.05) is 11.5 Å². The molecule has 2 fully saturated rings. The van der Waals surface area contributed by atoms with Gasteiger partial charge in [0.05, 0.1) is 26.9 Å². The van der Waals surface area contributed by atoms with Crippen LogP contribution in [0.2, 0.25) is 30.7 Å². The number of nitrogens with zero attached hydrogens (tertiary/aromatic N) is 5. The standard InChI is InChI=1S/C27H33ClN6O3SSi/c1-39(2,3)9-8-37-15-33-13-20(19-6-7-21-25(23(19)28)38-14-30-21)24-26(33)32-22(12-29-24)34-17-4-5-18(34)11-16(10-17)31-27(35)36/h6-7,12-14,16-18,31H,4-5,8-11,15H2,1-3H3,(H,35,36)/t16-,17+,18-. The van der Waals surface area contributed by atoms with Crippen LogP contribution in [0, 0.1) is 0 Å². The summed E-state index contributed by atoms with van der Waals surface area (Å²) in [5.74, 6) is 0.834. The number of hydrogen-bond acceptors (Lipinski definition) is 7. The first kappa shape index (κ1) is 26.5. The molecule has 206 valence electrons. The Morgan fingerprint density at radius 3 is 2.69 bits per heavy atom. The van der Waals surface area contributed by atoms with E-state index in [9.17, 15) is 9.90 Å². The summed E-state index contributed by atoms with van der Waals surface area (Å²) in [6, 6.07) is 5.55. The summed E-state index contributed by atoms with van der Waals surface area (Å²) >= 11 is 8.41. The van der Waals surface area contributed by atoms with Crippen molar-refractivity contribution >= 4 is 64.3 Å². The molecule has 1 aromatic carbocycles.